The minimum Gasteiger partial charge on any atom is -0.508 e. The van der Waals surface area contributed by atoms with Crippen LogP contribution < -0.4 is 5.32 Å². The topological polar surface area (TPSA) is 69.6 Å². The third-order valence-electron chi connectivity index (χ3n) is 4.98. The molecule has 4 nitrogen and oxygen atoms in total. The van der Waals surface area contributed by atoms with Crippen LogP contribution >= 0.6 is 0 Å². The maximum atomic E-state index is 12.2. The first-order chi connectivity index (χ1) is 12.3. The van der Waals surface area contributed by atoms with E-state index in [1.54, 1.807) is 6.07 Å². The van der Waals surface area contributed by atoms with Gasteiger partial charge < -0.3 is 15.5 Å². The number of carbonyl (C=O) groups is 1. The summed E-state index contributed by atoms with van der Waals surface area (Å²) in [7, 11) is 0. The second-order valence-corrected chi connectivity index (χ2v) is 9.55. The standard InChI is InChI=1S/C23H39NO3/c1-9-11-12-13-16(24-18(26)10-2)19-17(25)14-15(22(3,4)5)21(27)20(19)23(6,7)8/h14,16,25,27H,9-13H2,1-8H3,(H,24,26). The zero-order chi connectivity index (χ0) is 21.0. The molecule has 3 N–H and O–H groups in total. The molecular formula is C23H39NO3. The quantitative estimate of drug-likeness (QED) is 0.413. The largest absolute Gasteiger partial charge is 0.508 e. The normalized spacial score (nSPS) is 13.5. The molecule has 1 aromatic rings. The number of hydrogen-bond donors (Lipinski definition) is 3. The van der Waals surface area contributed by atoms with Gasteiger partial charge in [0.05, 0.1) is 6.04 Å². The van der Waals surface area contributed by atoms with E-state index in [1.165, 1.54) is 0 Å². The van der Waals surface area contributed by atoms with E-state index in [1.807, 2.05) is 48.5 Å². The zero-order valence-electron chi connectivity index (χ0n) is 18.5. The van der Waals surface area contributed by atoms with Crippen molar-refractivity contribution >= 4 is 5.91 Å². The van der Waals surface area contributed by atoms with Gasteiger partial charge >= 0.3 is 0 Å². The van der Waals surface area contributed by atoms with Crippen LogP contribution in [0.1, 0.15) is 110 Å². The lowest BCUT2D eigenvalue weighted by Crippen LogP contribution is -2.31. The number of phenols is 2. The molecule has 0 radical (unpaired) electrons. The minimum absolute atomic E-state index is 0.0462. The van der Waals surface area contributed by atoms with E-state index in [0.29, 0.717) is 12.0 Å². The summed E-state index contributed by atoms with van der Waals surface area (Å²) in [5.41, 5.74) is 1.43. The summed E-state index contributed by atoms with van der Waals surface area (Å²) >= 11 is 0. The average Bonchev–Trinajstić information content (AvgIpc) is 2.53. The number of unbranched alkanes of at least 4 members (excludes halogenated alkanes) is 2. The Labute approximate surface area is 165 Å². The Bertz CT molecular complexity index is 651. The third-order valence-corrected chi connectivity index (χ3v) is 4.98. The van der Waals surface area contributed by atoms with Crippen molar-refractivity contribution < 1.29 is 15.0 Å². The first kappa shape index (κ1) is 23.3. The molecule has 0 aliphatic carbocycles. The van der Waals surface area contributed by atoms with Gasteiger partial charge in [-0.05, 0) is 23.3 Å². The van der Waals surface area contributed by atoms with Crippen molar-refractivity contribution in [3.05, 3.63) is 22.8 Å². The van der Waals surface area contributed by atoms with Gasteiger partial charge in [-0.2, -0.15) is 0 Å². The lowest BCUT2D eigenvalue weighted by Gasteiger charge is -2.33. The van der Waals surface area contributed by atoms with Gasteiger partial charge in [0, 0.05) is 23.1 Å². The van der Waals surface area contributed by atoms with Crippen LogP contribution in [0.4, 0.5) is 0 Å². The highest BCUT2D eigenvalue weighted by Gasteiger charge is 2.33. The molecule has 0 bridgehead atoms. The van der Waals surface area contributed by atoms with Crippen LogP contribution in [0.3, 0.4) is 0 Å². The molecular weight excluding hydrogens is 338 g/mol. The van der Waals surface area contributed by atoms with E-state index in [2.05, 4.69) is 12.2 Å². The van der Waals surface area contributed by atoms with Gasteiger partial charge in [-0.1, -0.05) is 74.7 Å². The summed E-state index contributed by atoms with van der Waals surface area (Å²) in [5.74, 6) is 0.338. The molecule has 1 aromatic carbocycles. The molecule has 0 aromatic heterocycles. The van der Waals surface area contributed by atoms with Gasteiger partial charge in [-0.3, -0.25) is 4.79 Å². The van der Waals surface area contributed by atoms with Gasteiger partial charge in [0.2, 0.25) is 5.91 Å². The van der Waals surface area contributed by atoms with E-state index >= 15 is 0 Å². The summed E-state index contributed by atoms with van der Waals surface area (Å²) in [6, 6.07) is 1.36. The lowest BCUT2D eigenvalue weighted by molar-refractivity contribution is -0.121. The molecule has 0 spiro atoms. The Balaban J connectivity index is 3.65. The Morgan fingerprint density at radius 1 is 1.04 bits per heavy atom. The van der Waals surface area contributed by atoms with Crippen LogP contribution in [0.5, 0.6) is 11.5 Å². The summed E-state index contributed by atoms with van der Waals surface area (Å²) in [6.07, 6.45) is 4.24. The molecule has 4 heteroatoms. The van der Waals surface area contributed by atoms with Gasteiger partial charge in [-0.15, -0.1) is 0 Å². The highest BCUT2D eigenvalue weighted by atomic mass is 16.3. The highest BCUT2D eigenvalue weighted by molar-refractivity contribution is 5.76. The molecule has 0 saturated heterocycles. The molecule has 0 saturated carbocycles. The number of rotatable bonds is 7. The molecule has 1 rings (SSSR count). The second-order valence-electron chi connectivity index (χ2n) is 9.55. The van der Waals surface area contributed by atoms with E-state index in [-0.39, 0.29) is 34.3 Å². The number of amides is 1. The Kier molecular flexibility index (Phi) is 7.76. The minimum atomic E-state index is -0.377. The molecule has 0 aliphatic heterocycles. The van der Waals surface area contributed by atoms with E-state index in [9.17, 15) is 15.0 Å². The number of carbonyl (C=O) groups excluding carboxylic acids is 1. The molecule has 0 aliphatic rings. The van der Waals surface area contributed by atoms with Crippen molar-refractivity contribution in [2.45, 2.75) is 104 Å². The van der Waals surface area contributed by atoms with Crippen LogP contribution in [0.2, 0.25) is 0 Å². The van der Waals surface area contributed by atoms with Gasteiger partial charge in [-0.25, -0.2) is 0 Å². The fourth-order valence-corrected chi connectivity index (χ4v) is 3.54. The molecule has 0 heterocycles. The third kappa shape index (κ3) is 5.88. The van der Waals surface area contributed by atoms with E-state index in [4.69, 9.17) is 0 Å². The maximum absolute atomic E-state index is 12.2. The number of benzene rings is 1. The second kappa shape index (κ2) is 8.99. The number of nitrogens with one attached hydrogen (secondary N) is 1. The van der Waals surface area contributed by atoms with Crippen LogP contribution in [0, 0.1) is 0 Å². The summed E-state index contributed by atoms with van der Waals surface area (Å²) < 4.78 is 0. The Hall–Kier alpha value is -1.71. The number of hydrogen-bond acceptors (Lipinski definition) is 3. The first-order valence-corrected chi connectivity index (χ1v) is 10.2. The number of aromatic hydroxyl groups is 2. The summed E-state index contributed by atoms with van der Waals surface area (Å²) in [5, 5.41) is 25.2. The smallest absolute Gasteiger partial charge is 0.220 e. The van der Waals surface area contributed by atoms with Crippen LogP contribution in [-0.2, 0) is 15.6 Å². The maximum Gasteiger partial charge on any atom is 0.220 e. The average molecular weight is 378 g/mol. The zero-order valence-corrected chi connectivity index (χ0v) is 18.5. The molecule has 1 unspecified atom stereocenters. The van der Waals surface area contributed by atoms with Gasteiger partial charge in [0.15, 0.2) is 0 Å². The summed E-state index contributed by atoms with van der Waals surface area (Å²) in [4.78, 5) is 12.2. The molecule has 1 atom stereocenters. The van der Waals surface area contributed by atoms with Crippen molar-refractivity contribution in [2.75, 3.05) is 0 Å². The van der Waals surface area contributed by atoms with Gasteiger partial charge in [0.25, 0.3) is 0 Å². The van der Waals surface area contributed by atoms with Crippen LogP contribution in [0.25, 0.3) is 0 Å². The van der Waals surface area contributed by atoms with E-state index in [0.717, 1.165) is 36.8 Å². The van der Waals surface area contributed by atoms with Crippen LogP contribution in [-0.4, -0.2) is 16.1 Å². The van der Waals surface area contributed by atoms with Gasteiger partial charge in [0.1, 0.15) is 11.5 Å². The SMILES string of the molecule is CCCCCC(NC(=O)CC)c1c(O)cc(C(C)(C)C)c(O)c1C(C)(C)C. The Morgan fingerprint density at radius 2 is 1.63 bits per heavy atom. The van der Waals surface area contributed by atoms with E-state index < -0.39 is 0 Å². The molecule has 154 valence electrons. The Morgan fingerprint density at radius 3 is 2.07 bits per heavy atom. The van der Waals surface area contributed by atoms with Crippen molar-refractivity contribution in [3.8, 4) is 11.5 Å². The summed E-state index contributed by atoms with van der Waals surface area (Å²) in [6.45, 7) is 16.1. The molecule has 0 fully saturated rings. The van der Waals surface area contributed by atoms with Crippen molar-refractivity contribution in [1.82, 2.24) is 5.32 Å². The van der Waals surface area contributed by atoms with Crippen molar-refractivity contribution in [2.24, 2.45) is 0 Å². The van der Waals surface area contributed by atoms with Crippen LogP contribution in [0.15, 0.2) is 6.07 Å². The highest BCUT2D eigenvalue weighted by Crippen LogP contribution is 2.47. The van der Waals surface area contributed by atoms with Crippen molar-refractivity contribution in [1.29, 1.82) is 0 Å². The predicted molar refractivity (Wildman–Crippen MR) is 112 cm³/mol. The fraction of sp³-hybridized carbons (Fsp3) is 0.696. The number of phenolic OH excluding ortho intramolecular Hbond substituents is 2. The molecule has 27 heavy (non-hydrogen) atoms. The lowest BCUT2D eigenvalue weighted by atomic mass is 9.75. The fourth-order valence-electron chi connectivity index (χ4n) is 3.54. The molecule has 1 amide bonds. The predicted octanol–water partition coefficient (Wildman–Crippen LogP) is 5.84. The first-order valence-electron chi connectivity index (χ1n) is 10.2. The van der Waals surface area contributed by atoms with Crippen molar-refractivity contribution in [3.63, 3.8) is 0 Å². The monoisotopic (exact) mass is 377 g/mol.